The highest BCUT2D eigenvalue weighted by molar-refractivity contribution is 7.99. The summed E-state index contributed by atoms with van der Waals surface area (Å²) in [5, 5.41) is 12.5. The minimum Gasteiger partial charge on any atom is -0.337 e. The molecule has 2 aliphatic carbocycles. The second-order valence-electron chi connectivity index (χ2n) is 6.91. The van der Waals surface area contributed by atoms with Crippen molar-refractivity contribution in [3.8, 4) is 6.07 Å². The zero-order valence-electron chi connectivity index (χ0n) is 12.6. The zero-order valence-corrected chi connectivity index (χ0v) is 13.4. The highest BCUT2D eigenvalue weighted by atomic mass is 32.2. The van der Waals surface area contributed by atoms with E-state index in [-0.39, 0.29) is 17.2 Å². The first-order chi connectivity index (χ1) is 10.7. The van der Waals surface area contributed by atoms with Crippen LogP contribution in [0.25, 0.3) is 0 Å². The second kappa shape index (κ2) is 5.03. The summed E-state index contributed by atoms with van der Waals surface area (Å²) in [5.74, 6) is 1.85. The summed E-state index contributed by atoms with van der Waals surface area (Å²) in [6.07, 6.45) is 5.13. The van der Waals surface area contributed by atoms with Crippen molar-refractivity contribution in [3.63, 3.8) is 0 Å². The van der Waals surface area contributed by atoms with Gasteiger partial charge in [-0.3, -0.25) is 4.79 Å². The maximum Gasteiger partial charge on any atom is 0.225 e. The van der Waals surface area contributed by atoms with Gasteiger partial charge in [-0.1, -0.05) is 24.3 Å². The molecule has 1 aromatic rings. The van der Waals surface area contributed by atoms with Crippen molar-refractivity contribution in [2.45, 2.75) is 43.1 Å². The van der Waals surface area contributed by atoms with Crippen LogP contribution in [0.4, 0.5) is 0 Å². The van der Waals surface area contributed by atoms with Crippen molar-refractivity contribution in [2.24, 2.45) is 5.92 Å². The number of nitrogens with zero attached hydrogens (tertiary/aromatic N) is 1. The molecule has 4 heteroatoms. The summed E-state index contributed by atoms with van der Waals surface area (Å²) >= 11 is 1.76. The molecular formula is C18H20N2OS. The minimum absolute atomic E-state index is 0.0569. The summed E-state index contributed by atoms with van der Waals surface area (Å²) < 4.78 is 0. The second-order valence-corrected chi connectivity index (χ2v) is 8.01. The van der Waals surface area contributed by atoms with Gasteiger partial charge < -0.3 is 5.32 Å². The third kappa shape index (κ3) is 2.06. The molecular weight excluding hydrogens is 292 g/mol. The topological polar surface area (TPSA) is 52.9 Å². The third-order valence-corrected chi connectivity index (χ3v) is 6.80. The lowest BCUT2D eigenvalue weighted by Crippen LogP contribution is -2.48. The Balaban J connectivity index is 1.55. The number of aryl methyl sites for hydroxylation is 1. The quantitative estimate of drug-likeness (QED) is 0.913. The maximum atomic E-state index is 12.7. The van der Waals surface area contributed by atoms with Crippen LogP contribution in [0.5, 0.6) is 0 Å². The minimum atomic E-state index is -0.625. The lowest BCUT2D eigenvalue weighted by Gasteiger charge is -2.27. The Kier molecular flexibility index (Phi) is 3.23. The van der Waals surface area contributed by atoms with Crippen LogP contribution in [0.3, 0.4) is 0 Å². The fraction of sp³-hybridized carbons (Fsp3) is 0.556. The van der Waals surface area contributed by atoms with Crippen LogP contribution in [-0.2, 0) is 16.6 Å². The Bertz CT molecular complexity index is 659. The van der Waals surface area contributed by atoms with Gasteiger partial charge in [0.1, 0.15) is 5.54 Å². The Morgan fingerprint density at radius 2 is 2.23 bits per heavy atom. The van der Waals surface area contributed by atoms with Crippen molar-refractivity contribution < 1.29 is 4.79 Å². The number of fused-ring (bicyclic) bond motifs is 2. The van der Waals surface area contributed by atoms with Crippen LogP contribution < -0.4 is 5.32 Å². The van der Waals surface area contributed by atoms with Gasteiger partial charge in [-0.25, -0.2) is 0 Å². The van der Waals surface area contributed by atoms with E-state index in [9.17, 15) is 10.1 Å². The highest BCUT2D eigenvalue weighted by Crippen LogP contribution is 2.60. The SMILES string of the molecule is N#C[C@]1(NC(=O)[C@H]2C[C@@]23CCCc2ccccc23)CCSC1. The largest absolute Gasteiger partial charge is 0.337 e. The van der Waals surface area contributed by atoms with Crippen LogP contribution in [0.1, 0.15) is 36.8 Å². The molecule has 0 bridgehead atoms. The molecule has 3 aliphatic rings. The fourth-order valence-corrected chi connectivity index (χ4v) is 5.55. The molecule has 2 fully saturated rings. The van der Waals surface area contributed by atoms with Crippen molar-refractivity contribution in [3.05, 3.63) is 35.4 Å². The van der Waals surface area contributed by atoms with Gasteiger partial charge in [0.2, 0.25) is 5.91 Å². The smallest absolute Gasteiger partial charge is 0.225 e. The number of carbonyl (C=O) groups excluding carboxylic acids is 1. The van der Waals surface area contributed by atoms with Gasteiger partial charge in [0, 0.05) is 17.1 Å². The third-order valence-electron chi connectivity index (χ3n) is 5.61. The van der Waals surface area contributed by atoms with E-state index >= 15 is 0 Å². The number of benzene rings is 1. The Hall–Kier alpha value is -1.47. The van der Waals surface area contributed by atoms with E-state index in [1.54, 1.807) is 11.8 Å². The molecule has 1 heterocycles. The summed E-state index contributed by atoms with van der Waals surface area (Å²) in [4.78, 5) is 12.7. The summed E-state index contributed by atoms with van der Waals surface area (Å²) in [6.45, 7) is 0. The number of thioether (sulfide) groups is 1. The van der Waals surface area contributed by atoms with E-state index < -0.39 is 5.54 Å². The first-order valence-corrected chi connectivity index (χ1v) is 9.24. The molecule has 1 spiro atoms. The number of amides is 1. The van der Waals surface area contributed by atoms with Crippen molar-refractivity contribution >= 4 is 17.7 Å². The van der Waals surface area contributed by atoms with Gasteiger partial charge in [-0.15, -0.1) is 0 Å². The monoisotopic (exact) mass is 312 g/mol. The Morgan fingerprint density at radius 1 is 1.36 bits per heavy atom. The van der Waals surface area contributed by atoms with E-state index in [0.29, 0.717) is 0 Å². The van der Waals surface area contributed by atoms with Crippen molar-refractivity contribution in [2.75, 3.05) is 11.5 Å². The zero-order chi connectivity index (χ0) is 15.2. The number of carbonyl (C=O) groups is 1. The van der Waals surface area contributed by atoms with Crippen LogP contribution in [0, 0.1) is 17.2 Å². The molecule has 22 heavy (non-hydrogen) atoms. The number of hydrogen-bond donors (Lipinski definition) is 1. The van der Waals surface area contributed by atoms with Crippen LogP contribution in [0.2, 0.25) is 0 Å². The molecule has 0 aromatic heterocycles. The lowest BCUT2D eigenvalue weighted by molar-refractivity contribution is -0.124. The number of hydrogen-bond acceptors (Lipinski definition) is 3. The van der Waals surface area contributed by atoms with Gasteiger partial charge in [-0.2, -0.15) is 17.0 Å². The average molecular weight is 312 g/mol. The van der Waals surface area contributed by atoms with E-state index in [2.05, 4.69) is 35.7 Å². The van der Waals surface area contributed by atoms with E-state index in [1.165, 1.54) is 17.5 Å². The van der Waals surface area contributed by atoms with E-state index in [0.717, 1.165) is 37.2 Å². The Labute approximate surface area is 135 Å². The first kappa shape index (κ1) is 14.1. The average Bonchev–Trinajstić information content (AvgIpc) is 3.07. The van der Waals surface area contributed by atoms with Crippen molar-refractivity contribution in [1.82, 2.24) is 5.32 Å². The summed E-state index contributed by atoms with van der Waals surface area (Å²) in [5.41, 5.74) is 2.23. The fourth-order valence-electron chi connectivity index (χ4n) is 4.28. The molecule has 1 aromatic carbocycles. The van der Waals surface area contributed by atoms with Crippen LogP contribution in [-0.4, -0.2) is 23.0 Å². The number of rotatable bonds is 2. The highest BCUT2D eigenvalue weighted by Gasteiger charge is 2.60. The van der Waals surface area contributed by atoms with Crippen molar-refractivity contribution in [1.29, 1.82) is 5.26 Å². The molecule has 3 atom stereocenters. The molecule has 1 saturated heterocycles. The summed E-state index contributed by atoms with van der Waals surface area (Å²) in [6, 6.07) is 10.9. The van der Waals surface area contributed by atoms with Gasteiger partial charge in [-0.05, 0) is 49.0 Å². The molecule has 1 N–H and O–H groups in total. The molecule has 0 radical (unpaired) electrons. The van der Waals surface area contributed by atoms with Gasteiger partial charge >= 0.3 is 0 Å². The van der Waals surface area contributed by atoms with Crippen LogP contribution >= 0.6 is 11.8 Å². The molecule has 1 aliphatic heterocycles. The molecule has 1 amide bonds. The van der Waals surface area contributed by atoms with Gasteiger partial charge in [0.25, 0.3) is 0 Å². The van der Waals surface area contributed by atoms with Crippen LogP contribution in [0.15, 0.2) is 24.3 Å². The molecule has 1 saturated carbocycles. The van der Waals surface area contributed by atoms with E-state index in [1.807, 2.05) is 0 Å². The predicted molar refractivity (Wildman–Crippen MR) is 87.6 cm³/mol. The maximum absolute atomic E-state index is 12.7. The van der Waals surface area contributed by atoms with Gasteiger partial charge in [0.05, 0.1) is 6.07 Å². The first-order valence-electron chi connectivity index (χ1n) is 8.09. The lowest BCUT2D eigenvalue weighted by atomic mass is 9.78. The molecule has 114 valence electrons. The molecule has 4 rings (SSSR count). The molecule has 0 unspecified atom stereocenters. The Morgan fingerprint density at radius 3 is 3.00 bits per heavy atom. The summed E-state index contributed by atoms with van der Waals surface area (Å²) in [7, 11) is 0. The normalized spacial score (nSPS) is 35.7. The van der Waals surface area contributed by atoms with Gasteiger partial charge in [0.15, 0.2) is 0 Å². The number of nitrogens with one attached hydrogen (secondary N) is 1. The van der Waals surface area contributed by atoms with E-state index in [4.69, 9.17) is 0 Å². The standard InChI is InChI=1S/C18H20N2OS/c19-11-17(8-9-22-12-17)20-16(21)15-10-18(15)7-3-5-13-4-1-2-6-14(13)18/h1-2,4,6,15H,3,5,7-10,12H2,(H,20,21)/t15-,17-,18-/m1/s1. The number of nitriles is 1. The predicted octanol–water partition coefficient (Wildman–Crippen LogP) is 2.80. The molecule has 3 nitrogen and oxygen atoms in total.